The number of carbonyl (C=O) groups excluding carboxylic acids is 1. The molecule has 160 valence electrons. The van der Waals surface area contributed by atoms with Crippen molar-refractivity contribution in [1.82, 2.24) is 14.5 Å². The van der Waals surface area contributed by atoms with Gasteiger partial charge in [-0.3, -0.25) is 14.3 Å². The molecule has 0 unspecified atom stereocenters. The first-order chi connectivity index (χ1) is 14.7. The maximum absolute atomic E-state index is 12.7. The smallest absolute Gasteiger partial charge is 0.348 e. The molecule has 2 heterocycles. The SMILES string of the molecule is O=C(CSc1nc(=O)n(CCCN2CCOCC2)c2c1CCC2)Nc1ccccc1. The second-order valence-corrected chi connectivity index (χ2v) is 8.60. The Bertz CT molecular complexity index is 926. The number of hydrogen-bond acceptors (Lipinski definition) is 6. The minimum absolute atomic E-state index is 0.0885. The first-order valence-corrected chi connectivity index (χ1v) is 11.6. The molecule has 8 heteroatoms. The number of para-hydroxylation sites is 1. The fourth-order valence-corrected chi connectivity index (χ4v) is 4.94. The Labute approximate surface area is 180 Å². The molecule has 2 aliphatic rings. The highest BCUT2D eigenvalue weighted by Crippen LogP contribution is 2.29. The minimum Gasteiger partial charge on any atom is -0.379 e. The Morgan fingerprint density at radius 3 is 2.73 bits per heavy atom. The number of hydrogen-bond donors (Lipinski definition) is 1. The van der Waals surface area contributed by atoms with Crippen LogP contribution in [0.4, 0.5) is 5.69 Å². The van der Waals surface area contributed by atoms with Gasteiger partial charge in [-0.25, -0.2) is 4.79 Å². The maximum Gasteiger partial charge on any atom is 0.348 e. The summed E-state index contributed by atoms with van der Waals surface area (Å²) >= 11 is 1.36. The normalized spacial score (nSPS) is 16.4. The van der Waals surface area contributed by atoms with Crippen LogP contribution in [-0.4, -0.2) is 59.0 Å². The second kappa shape index (κ2) is 10.2. The summed E-state index contributed by atoms with van der Waals surface area (Å²) in [5.74, 6) is 0.156. The molecule has 7 nitrogen and oxygen atoms in total. The zero-order chi connectivity index (χ0) is 20.8. The quantitative estimate of drug-likeness (QED) is 0.513. The fourth-order valence-electron chi connectivity index (χ4n) is 4.07. The third-order valence-electron chi connectivity index (χ3n) is 5.56. The van der Waals surface area contributed by atoms with Crippen molar-refractivity contribution >= 4 is 23.4 Å². The number of anilines is 1. The van der Waals surface area contributed by atoms with E-state index in [9.17, 15) is 9.59 Å². The largest absolute Gasteiger partial charge is 0.379 e. The van der Waals surface area contributed by atoms with Crippen molar-refractivity contribution in [2.24, 2.45) is 0 Å². The first kappa shape index (κ1) is 21.1. The lowest BCUT2D eigenvalue weighted by Gasteiger charge is -2.26. The van der Waals surface area contributed by atoms with Crippen molar-refractivity contribution in [3.8, 4) is 0 Å². The van der Waals surface area contributed by atoms with Gasteiger partial charge < -0.3 is 10.1 Å². The molecular formula is C22H28N4O3S. The van der Waals surface area contributed by atoms with E-state index in [-0.39, 0.29) is 17.3 Å². The van der Waals surface area contributed by atoms with Crippen LogP contribution >= 0.6 is 11.8 Å². The monoisotopic (exact) mass is 428 g/mol. The van der Waals surface area contributed by atoms with E-state index in [0.29, 0.717) is 6.54 Å². The van der Waals surface area contributed by atoms with Gasteiger partial charge in [0, 0.05) is 43.1 Å². The van der Waals surface area contributed by atoms with Crippen molar-refractivity contribution in [1.29, 1.82) is 0 Å². The van der Waals surface area contributed by atoms with Crippen molar-refractivity contribution < 1.29 is 9.53 Å². The Kier molecular flexibility index (Phi) is 7.20. The lowest BCUT2D eigenvalue weighted by molar-refractivity contribution is -0.113. The molecule has 1 aliphatic heterocycles. The topological polar surface area (TPSA) is 76.5 Å². The molecule has 30 heavy (non-hydrogen) atoms. The number of amides is 1. The number of ether oxygens (including phenoxy) is 1. The van der Waals surface area contributed by atoms with Gasteiger partial charge in [0.1, 0.15) is 5.03 Å². The Hall–Kier alpha value is -2.16. The van der Waals surface area contributed by atoms with Gasteiger partial charge in [-0.1, -0.05) is 30.0 Å². The number of morpholine rings is 1. The van der Waals surface area contributed by atoms with Crippen LogP contribution in [0, 0.1) is 0 Å². The molecular weight excluding hydrogens is 400 g/mol. The van der Waals surface area contributed by atoms with Crippen LogP contribution in [0.5, 0.6) is 0 Å². The number of rotatable bonds is 8. The number of aromatic nitrogens is 2. The maximum atomic E-state index is 12.7. The molecule has 1 N–H and O–H groups in total. The minimum atomic E-state index is -0.191. The summed E-state index contributed by atoms with van der Waals surface area (Å²) in [6.45, 7) is 5.19. The van der Waals surface area contributed by atoms with Gasteiger partial charge in [-0.2, -0.15) is 4.98 Å². The average molecular weight is 429 g/mol. The summed E-state index contributed by atoms with van der Waals surface area (Å²) in [5.41, 5.74) is 2.85. The molecule has 0 radical (unpaired) electrons. The van der Waals surface area contributed by atoms with Crippen LogP contribution in [-0.2, 0) is 28.9 Å². The fraction of sp³-hybridized carbons (Fsp3) is 0.500. The van der Waals surface area contributed by atoms with E-state index < -0.39 is 0 Å². The van der Waals surface area contributed by atoms with Crippen molar-refractivity contribution in [3.63, 3.8) is 0 Å². The summed E-state index contributed by atoms with van der Waals surface area (Å²) < 4.78 is 7.25. The van der Waals surface area contributed by atoms with Gasteiger partial charge in [-0.15, -0.1) is 0 Å². The summed E-state index contributed by atoms with van der Waals surface area (Å²) in [5, 5.41) is 3.60. The van der Waals surface area contributed by atoms with Gasteiger partial charge in [0.25, 0.3) is 0 Å². The molecule has 1 aromatic heterocycles. The predicted molar refractivity (Wildman–Crippen MR) is 118 cm³/mol. The number of nitrogens with zero attached hydrogens (tertiary/aromatic N) is 3. The summed E-state index contributed by atoms with van der Waals surface area (Å²) in [6, 6.07) is 9.40. The number of carbonyl (C=O) groups is 1. The molecule has 4 rings (SSSR count). The van der Waals surface area contributed by atoms with Crippen LogP contribution in [0.3, 0.4) is 0 Å². The predicted octanol–water partition coefficient (Wildman–Crippen LogP) is 2.19. The number of fused-ring (bicyclic) bond motifs is 1. The zero-order valence-electron chi connectivity index (χ0n) is 17.1. The van der Waals surface area contributed by atoms with E-state index in [1.807, 2.05) is 34.9 Å². The van der Waals surface area contributed by atoms with E-state index in [2.05, 4.69) is 15.2 Å². The average Bonchev–Trinajstić information content (AvgIpc) is 3.25. The molecule has 1 aliphatic carbocycles. The Morgan fingerprint density at radius 2 is 1.93 bits per heavy atom. The van der Waals surface area contributed by atoms with E-state index in [1.54, 1.807) is 0 Å². The van der Waals surface area contributed by atoms with Crippen LogP contribution in [0.15, 0.2) is 40.2 Å². The molecule has 1 saturated heterocycles. The highest BCUT2D eigenvalue weighted by atomic mass is 32.2. The van der Waals surface area contributed by atoms with Crippen LogP contribution in [0.25, 0.3) is 0 Å². The first-order valence-electron chi connectivity index (χ1n) is 10.6. The second-order valence-electron chi connectivity index (χ2n) is 7.64. The number of nitrogens with one attached hydrogen (secondary N) is 1. The zero-order valence-corrected chi connectivity index (χ0v) is 18.0. The molecule has 0 atom stereocenters. The van der Waals surface area contributed by atoms with E-state index in [1.165, 1.54) is 11.8 Å². The van der Waals surface area contributed by atoms with E-state index >= 15 is 0 Å². The summed E-state index contributed by atoms with van der Waals surface area (Å²) in [4.78, 5) is 31.7. The molecule has 2 aromatic rings. The van der Waals surface area contributed by atoms with Crippen molar-refractivity contribution in [3.05, 3.63) is 52.1 Å². The lowest BCUT2D eigenvalue weighted by Crippen LogP contribution is -2.37. The Balaban J connectivity index is 1.37. The third-order valence-corrected chi connectivity index (χ3v) is 6.58. The van der Waals surface area contributed by atoms with Crippen LogP contribution < -0.4 is 11.0 Å². The molecule has 0 spiro atoms. The molecule has 0 bridgehead atoms. The number of thioether (sulfide) groups is 1. The van der Waals surface area contributed by atoms with Gasteiger partial charge in [0.15, 0.2) is 0 Å². The number of benzene rings is 1. The molecule has 1 fully saturated rings. The van der Waals surface area contributed by atoms with Gasteiger partial charge in [-0.05, 0) is 37.8 Å². The lowest BCUT2D eigenvalue weighted by atomic mass is 10.2. The summed E-state index contributed by atoms with van der Waals surface area (Å²) in [6.07, 6.45) is 3.80. The van der Waals surface area contributed by atoms with Gasteiger partial charge >= 0.3 is 5.69 Å². The molecule has 1 amide bonds. The summed E-state index contributed by atoms with van der Waals surface area (Å²) in [7, 11) is 0. The highest BCUT2D eigenvalue weighted by Gasteiger charge is 2.22. The highest BCUT2D eigenvalue weighted by molar-refractivity contribution is 8.00. The van der Waals surface area contributed by atoms with Crippen LogP contribution in [0.1, 0.15) is 24.1 Å². The van der Waals surface area contributed by atoms with Gasteiger partial charge in [0.2, 0.25) is 5.91 Å². The molecule has 1 aromatic carbocycles. The third kappa shape index (κ3) is 5.30. The van der Waals surface area contributed by atoms with E-state index in [4.69, 9.17) is 4.74 Å². The van der Waals surface area contributed by atoms with Gasteiger partial charge in [0.05, 0.1) is 19.0 Å². The van der Waals surface area contributed by atoms with Crippen molar-refractivity contribution in [2.75, 3.05) is 43.9 Å². The van der Waals surface area contributed by atoms with E-state index in [0.717, 1.165) is 80.5 Å². The van der Waals surface area contributed by atoms with Crippen molar-refractivity contribution in [2.45, 2.75) is 37.3 Å². The molecule has 0 saturated carbocycles. The Morgan fingerprint density at radius 1 is 1.13 bits per heavy atom. The standard InChI is InChI=1S/C22H28N4O3S/c27-20(23-17-6-2-1-3-7-17)16-30-21-18-8-4-9-19(18)26(22(28)24-21)11-5-10-25-12-14-29-15-13-25/h1-3,6-7H,4-5,8-16H2,(H,23,27). The van der Waals surface area contributed by atoms with Crippen LogP contribution in [0.2, 0.25) is 0 Å².